The summed E-state index contributed by atoms with van der Waals surface area (Å²) in [5.74, 6) is -0.384. The first-order valence-corrected chi connectivity index (χ1v) is 9.53. The molecule has 2 aliphatic rings. The Kier molecular flexibility index (Phi) is 5.44. The third-order valence-electron chi connectivity index (χ3n) is 4.78. The number of carbonyl (C=O) groups excluding carboxylic acids is 3. The van der Waals surface area contributed by atoms with Crippen molar-refractivity contribution in [2.75, 3.05) is 18.1 Å². The van der Waals surface area contributed by atoms with Crippen molar-refractivity contribution < 1.29 is 19.1 Å². The molecule has 2 aromatic carbocycles. The van der Waals surface area contributed by atoms with Crippen LogP contribution in [0.1, 0.15) is 24.4 Å². The van der Waals surface area contributed by atoms with Crippen LogP contribution in [0.15, 0.2) is 54.6 Å². The molecule has 0 bridgehead atoms. The van der Waals surface area contributed by atoms with Crippen LogP contribution >= 0.6 is 0 Å². The Bertz CT molecular complexity index is 914. The summed E-state index contributed by atoms with van der Waals surface area (Å²) in [7, 11) is 0. The Balaban J connectivity index is 1.41. The number of hydrazine groups is 1. The average Bonchev–Trinajstić information content (AvgIpc) is 3.55. The predicted molar refractivity (Wildman–Crippen MR) is 106 cm³/mol. The number of carbonyl (C=O) groups is 3. The fourth-order valence-electron chi connectivity index (χ4n) is 3.12. The van der Waals surface area contributed by atoms with Gasteiger partial charge in [0.2, 0.25) is 5.91 Å². The maximum Gasteiger partial charge on any atom is 0.265 e. The molecule has 150 valence electrons. The molecule has 1 saturated carbocycles. The summed E-state index contributed by atoms with van der Waals surface area (Å²) in [5, 5.41) is 2.94. The fourth-order valence-corrected chi connectivity index (χ4v) is 3.12. The van der Waals surface area contributed by atoms with Crippen molar-refractivity contribution in [1.29, 1.82) is 0 Å². The SMILES string of the molecule is O=C(CN1C(=O)COc2ccccc21)NNC(C(=O)NC1CC1)c1ccccc1. The van der Waals surface area contributed by atoms with Gasteiger partial charge in [-0.2, -0.15) is 0 Å². The first-order chi connectivity index (χ1) is 14.1. The minimum atomic E-state index is -0.728. The van der Waals surface area contributed by atoms with Gasteiger partial charge in [0.05, 0.1) is 5.69 Å². The predicted octanol–water partition coefficient (Wildman–Crippen LogP) is 1.05. The van der Waals surface area contributed by atoms with Crippen LogP contribution in [0, 0.1) is 0 Å². The van der Waals surface area contributed by atoms with E-state index in [0.29, 0.717) is 11.4 Å². The third-order valence-corrected chi connectivity index (χ3v) is 4.78. The largest absolute Gasteiger partial charge is 0.482 e. The summed E-state index contributed by atoms with van der Waals surface area (Å²) >= 11 is 0. The maximum absolute atomic E-state index is 12.6. The topological polar surface area (TPSA) is 99.8 Å². The molecule has 0 aromatic heterocycles. The van der Waals surface area contributed by atoms with E-state index in [2.05, 4.69) is 16.2 Å². The molecule has 8 heteroatoms. The monoisotopic (exact) mass is 394 g/mol. The molecule has 0 saturated heterocycles. The molecule has 29 heavy (non-hydrogen) atoms. The number of rotatable bonds is 7. The Morgan fingerprint density at radius 1 is 1.07 bits per heavy atom. The van der Waals surface area contributed by atoms with E-state index >= 15 is 0 Å². The highest BCUT2D eigenvalue weighted by molar-refractivity contribution is 6.02. The number of para-hydroxylation sites is 2. The molecule has 4 rings (SSSR count). The van der Waals surface area contributed by atoms with Crippen molar-refractivity contribution >= 4 is 23.4 Å². The van der Waals surface area contributed by atoms with Gasteiger partial charge < -0.3 is 10.1 Å². The Hall–Kier alpha value is -3.39. The Morgan fingerprint density at radius 3 is 2.55 bits per heavy atom. The van der Waals surface area contributed by atoms with Crippen molar-refractivity contribution in [2.45, 2.75) is 24.9 Å². The fraction of sp³-hybridized carbons (Fsp3) is 0.286. The standard InChI is InChI=1S/C21H22N4O4/c26-18(12-25-16-8-4-5-9-17(16)29-13-19(25)27)23-24-20(14-6-2-1-3-7-14)21(28)22-15-10-11-15/h1-9,15,20,24H,10-13H2,(H,22,28)(H,23,26). The molecule has 1 heterocycles. The molecule has 1 aliphatic carbocycles. The maximum atomic E-state index is 12.6. The molecule has 1 unspecified atom stereocenters. The Morgan fingerprint density at radius 2 is 1.79 bits per heavy atom. The van der Waals surface area contributed by atoms with Crippen LogP contribution < -0.4 is 25.8 Å². The number of amides is 3. The zero-order valence-electron chi connectivity index (χ0n) is 15.8. The van der Waals surface area contributed by atoms with Crippen LogP contribution in [0.4, 0.5) is 5.69 Å². The van der Waals surface area contributed by atoms with Crippen LogP contribution in [-0.2, 0) is 14.4 Å². The molecule has 1 atom stereocenters. The van der Waals surface area contributed by atoms with Gasteiger partial charge in [-0.1, -0.05) is 42.5 Å². The van der Waals surface area contributed by atoms with Gasteiger partial charge in [-0.25, -0.2) is 5.43 Å². The van der Waals surface area contributed by atoms with E-state index in [1.165, 1.54) is 4.90 Å². The normalized spacial score (nSPS) is 16.4. The smallest absolute Gasteiger partial charge is 0.265 e. The lowest BCUT2D eigenvalue weighted by atomic mass is 10.1. The van der Waals surface area contributed by atoms with Gasteiger partial charge in [0.25, 0.3) is 11.8 Å². The van der Waals surface area contributed by atoms with Gasteiger partial charge in [0.1, 0.15) is 18.3 Å². The van der Waals surface area contributed by atoms with Gasteiger partial charge >= 0.3 is 0 Å². The number of nitrogens with one attached hydrogen (secondary N) is 3. The van der Waals surface area contributed by atoms with Crippen LogP contribution in [0.2, 0.25) is 0 Å². The number of benzene rings is 2. The molecule has 2 aromatic rings. The van der Waals surface area contributed by atoms with Crippen LogP contribution in [-0.4, -0.2) is 36.9 Å². The van der Waals surface area contributed by atoms with Crippen molar-refractivity contribution in [1.82, 2.24) is 16.2 Å². The van der Waals surface area contributed by atoms with E-state index < -0.39 is 11.9 Å². The van der Waals surface area contributed by atoms with Crippen molar-refractivity contribution in [3.63, 3.8) is 0 Å². The summed E-state index contributed by atoms with van der Waals surface area (Å²) in [5.41, 5.74) is 6.67. The second-order valence-corrected chi connectivity index (χ2v) is 7.06. The van der Waals surface area contributed by atoms with Crippen molar-refractivity contribution in [2.24, 2.45) is 0 Å². The van der Waals surface area contributed by atoms with Crippen molar-refractivity contribution in [3.8, 4) is 5.75 Å². The highest BCUT2D eigenvalue weighted by Crippen LogP contribution is 2.31. The number of anilines is 1. The third kappa shape index (κ3) is 4.55. The van der Waals surface area contributed by atoms with E-state index in [1.807, 2.05) is 30.3 Å². The molecule has 3 amide bonds. The average molecular weight is 394 g/mol. The van der Waals surface area contributed by atoms with Crippen LogP contribution in [0.5, 0.6) is 5.75 Å². The molecule has 1 fully saturated rings. The molecular weight excluding hydrogens is 372 g/mol. The first-order valence-electron chi connectivity index (χ1n) is 9.53. The van der Waals surface area contributed by atoms with E-state index in [9.17, 15) is 14.4 Å². The van der Waals surface area contributed by atoms with E-state index in [0.717, 1.165) is 18.4 Å². The number of hydrogen-bond acceptors (Lipinski definition) is 5. The lowest BCUT2D eigenvalue weighted by molar-refractivity contribution is -0.127. The van der Waals surface area contributed by atoms with Gasteiger partial charge in [0.15, 0.2) is 6.61 Å². The molecule has 3 N–H and O–H groups in total. The molecule has 0 radical (unpaired) electrons. The molecule has 1 aliphatic heterocycles. The minimum Gasteiger partial charge on any atom is -0.482 e. The van der Waals surface area contributed by atoms with Gasteiger partial charge in [-0.05, 0) is 30.5 Å². The first kappa shape index (κ1) is 18.9. The lowest BCUT2D eigenvalue weighted by Gasteiger charge is -2.29. The zero-order chi connectivity index (χ0) is 20.2. The summed E-state index contributed by atoms with van der Waals surface area (Å²) in [6.45, 7) is -0.299. The van der Waals surface area contributed by atoms with Gasteiger partial charge in [-0.3, -0.25) is 24.7 Å². The van der Waals surface area contributed by atoms with Crippen LogP contribution in [0.3, 0.4) is 0 Å². The molecular formula is C21H22N4O4. The lowest BCUT2D eigenvalue weighted by Crippen LogP contribution is -2.51. The number of nitrogens with zero attached hydrogens (tertiary/aromatic N) is 1. The van der Waals surface area contributed by atoms with Gasteiger partial charge in [-0.15, -0.1) is 0 Å². The minimum absolute atomic E-state index is 0.117. The molecule has 8 nitrogen and oxygen atoms in total. The second kappa shape index (κ2) is 8.32. The van der Waals surface area contributed by atoms with Crippen molar-refractivity contribution in [3.05, 3.63) is 60.2 Å². The summed E-state index contributed by atoms with van der Waals surface area (Å²) in [6, 6.07) is 15.7. The van der Waals surface area contributed by atoms with Gasteiger partial charge in [0, 0.05) is 6.04 Å². The van der Waals surface area contributed by atoms with E-state index in [1.54, 1.807) is 24.3 Å². The van der Waals surface area contributed by atoms with E-state index in [4.69, 9.17) is 4.74 Å². The molecule has 0 spiro atoms. The zero-order valence-corrected chi connectivity index (χ0v) is 15.8. The quantitative estimate of drug-likeness (QED) is 0.610. The number of hydrogen-bond donors (Lipinski definition) is 3. The number of ether oxygens (including phenoxy) is 1. The van der Waals surface area contributed by atoms with Crippen LogP contribution in [0.25, 0.3) is 0 Å². The number of fused-ring (bicyclic) bond motifs is 1. The van der Waals surface area contributed by atoms with E-state index in [-0.39, 0.29) is 31.0 Å². The highest BCUT2D eigenvalue weighted by Gasteiger charge is 2.30. The summed E-state index contributed by atoms with van der Waals surface area (Å²) in [4.78, 5) is 38.7. The summed E-state index contributed by atoms with van der Waals surface area (Å²) < 4.78 is 5.39. The Labute approximate surface area is 168 Å². The highest BCUT2D eigenvalue weighted by atomic mass is 16.5. The second-order valence-electron chi connectivity index (χ2n) is 7.06. The summed E-state index contributed by atoms with van der Waals surface area (Å²) in [6.07, 6.45) is 1.94.